The molecule has 0 aliphatic heterocycles. The van der Waals surface area contributed by atoms with Gasteiger partial charge in [0.1, 0.15) is 23.5 Å². The van der Waals surface area contributed by atoms with E-state index >= 15 is 0 Å². The summed E-state index contributed by atoms with van der Waals surface area (Å²) in [5, 5.41) is 105. The van der Waals surface area contributed by atoms with Crippen molar-refractivity contribution >= 4 is 11.6 Å². The Balaban J connectivity index is 0.000000105. The van der Waals surface area contributed by atoms with Crippen molar-refractivity contribution in [1.29, 1.82) is 0 Å². The third-order valence-electron chi connectivity index (χ3n) is 46.2. The second-order valence-electron chi connectivity index (χ2n) is 53.7. The van der Waals surface area contributed by atoms with Crippen LogP contribution in [0.3, 0.4) is 0 Å². The Morgan fingerprint density at radius 1 is 0.342 bits per heavy atom. The summed E-state index contributed by atoms with van der Waals surface area (Å²) in [6.45, 7) is 39.9. The summed E-state index contributed by atoms with van der Waals surface area (Å²) in [4.78, 5) is 8.61. The highest BCUT2D eigenvalue weighted by Gasteiger charge is 2.65. The molecule has 0 amide bonds. The average molecular weight is 2060 g/mol. The van der Waals surface area contributed by atoms with Crippen LogP contribution >= 0.6 is 11.6 Å². The van der Waals surface area contributed by atoms with Crippen LogP contribution in [0.25, 0.3) is 0 Å². The van der Waals surface area contributed by atoms with Crippen molar-refractivity contribution < 1.29 is 38.7 Å². The third-order valence-corrected chi connectivity index (χ3v) is 46.3. The zero-order chi connectivity index (χ0) is 104. The van der Waals surface area contributed by atoms with Crippen molar-refractivity contribution in [3.8, 4) is 23.1 Å². The number of alkyl halides is 3. The second kappa shape index (κ2) is 41.6. The molecule has 5 N–H and O–H groups in total. The summed E-state index contributed by atoms with van der Waals surface area (Å²) in [6.07, 6.45) is 67.8. The fraction of sp³-hybridized carbons (Fsp3) is 0.740. The summed E-state index contributed by atoms with van der Waals surface area (Å²) >= 11 is 5.61. The van der Waals surface area contributed by atoms with E-state index in [1.165, 1.54) is 211 Å². The van der Waals surface area contributed by atoms with E-state index in [2.05, 4.69) is 182 Å². The van der Waals surface area contributed by atoms with Crippen molar-refractivity contribution in [2.45, 2.75) is 378 Å². The standard InChI is InChI=1S/C28H37N3O.C25H32ClN3O.C24H33F2N3O.C23H33FN4O.C23H34N4O/c1-19(18-31-29-15-16-30-31)25-7-8-26-24-6-5-21-17-28(32,13-9-20-3-4-20)14-11-22(21)23(24)10-12-27(25,26)2;1-17(16-29-27-13-14-28-29)22-5-6-23-21-4-3-18-15-25(30,11-12-26)10-8-19(18)20(21)7-9-24(22,23)2;1-15(14-29-27-11-12-28-29)20-5-6-21-19-4-3-16-13-24(30,22(25)26)10-8-17(16)18(19)7-9-23(20,21)2;1-15(12-28-26-14-25-27-28)20-5-6-21-19-4-3-16-11-23(29,13-24)10-8-17(16)18(19)7-9-22(20,21)2;1-15(13-27-25-14-24-26-27)20-6-7-21-19-5-4-16-12-22(2,28)10-8-17(16)18(19)9-11-23(20,21)3/h5,15-16,20,22-26,32H,1,3-4,6-8,10-12,14,17-18H2,2H3;3,13-14,19-23,30H,1,4-10,15-16H2,2H3;3,11-12,17-22,30H,1,4-10,13-14H2,2H3;3,14,17-21,29H,1,4-13H2,2H3;4,14,17-21,28H,1,5-13H2,2-3H3/t22-,23+,24+,25+,26-,27+,28+;19-,20+,21+,22+,23-,24+,25-;17-,18+,19+,20+,21-,23+,24+;2*17-,18+,19+,20+,21-,22+,23+/m00000/s1. The maximum Gasteiger partial charge on any atom is 0.267 e. The van der Waals surface area contributed by atoms with Gasteiger partial charge in [-0.25, -0.2) is 13.2 Å². The van der Waals surface area contributed by atoms with Gasteiger partial charge < -0.3 is 25.5 Å². The number of aliphatic hydroxyl groups is 5. The van der Waals surface area contributed by atoms with Gasteiger partial charge in [0.15, 0.2) is 12.7 Å². The van der Waals surface area contributed by atoms with Gasteiger partial charge in [-0.2, -0.15) is 54.6 Å². The maximum atomic E-state index is 13.4. The minimum Gasteiger partial charge on any atom is -0.390 e. The summed E-state index contributed by atoms with van der Waals surface area (Å²) in [6, 6.07) is 0. The van der Waals surface area contributed by atoms with E-state index in [4.69, 9.17) is 11.6 Å². The molecule has 0 radical (unpaired) electrons. The van der Waals surface area contributed by atoms with Gasteiger partial charge in [-0.05, 0) is 454 Å². The number of aromatic nitrogens is 17. The summed E-state index contributed by atoms with van der Waals surface area (Å²) in [7, 11) is 0. The predicted octanol–water partition coefficient (Wildman–Crippen LogP) is 23.4. The average Bonchev–Trinajstić information content (AvgIpc) is 1.65. The van der Waals surface area contributed by atoms with Crippen LogP contribution < -0.4 is 0 Å². The van der Waals surface area contributed by atoms with Crippen molar-refractivity contribution in [1.82, 2.24) is 85.4 Å². The Labute approximate surface area is 888 Å². The minimum atomic E-state index is -2.65. The highest BCUT2D eigenvalue weighted by Crippen LogP contribution is 2.72. The van der Waals surface area contributed by atoms with Gasteiger partial charge in [0.2, 0.25) is 0 Å². The first-order chi connectivity index (χ1) is 71.5. The maximum absolute atomic E-state index is 13.4. The zero-order valence-corrected chi connectivity index (χ0v) is 90.7. The highest BCUT2D eigenvalue weighted by atomic mass is 35.5. The lowest BCUT2D eigenvalue weighted by Crippen LogP contribution is -2.49. The quantitative estimate of drug-likeness (QED) is 0.0427. The van der Waals surface area contributed by atoms with Crippen LogP contribution in [0.5, 0.6) is 0 Å². The Morgan fingerprint density at radius 2 is 0.638 bits per heavy atom. The topological polar surface area (TPSA) is 280 Å². The summed E-state index contributed by atoms with van der Waals surface area (Å²) in [5.74, 6) is 26.9. The Hall–Kier alpha value is -8.04. The van der Waals surface area contributed by atoms with Gasteiger partial charge in [-0.15, -0.1) is 20.4 Å². The summed E-state index contributed by atoms with van der Waals surface area (Å²) < 4.78 is 40.1. The van der Waals surface area contributed by atoms with E-state index in [0.717, 1.165) is 167 Å². The number of hydrogen-bond donors (Lipinski definition) is 5. The molecule has 21 aliphatic rings. The molecule has 16 fully saturated rings. The van der Waals surface area contributed by atoms with Crippen LogP contribution in [0.1, 0.15) is 311 Å². The first-order valence-corrected chi connectivity index (χ1v) is 58.8. The Bertz CT molecular complexity index is 5990. The van der Waals surface area contributed by atoms with Crippen molar-refractivity contribution in [3.63, 3.8) is 0 Å². The van der Waals surface area contributed by atoms with E-state index in [9.17, 15) is 38.7 Å². The van der Waals surface area contributed by atoms with Crippen LogP contribution in [0.4, 0.5) is 13.2 Å². The fourth-order valence-corrected chi connectivity index (χ4v) is 39.3. The third kappa shape index (κ3) is 20.1. The van der Waals surface area contributed by atoms with Crippen LogP contribution in [0.2, 0.25) is 0 Å². The Kier molecular flexibility index (Phi) is 29.4. The normalized spacial score (nSPS) is 43.3. The molecule has 0 spiro atoms. The molecule has 0 saturated heterocycles. The van der Waals surface area contributed by atoms with E-state index < -0.39 is 41.1 Å². The van der Waals surface area contributed by atoms with Crippen molar-refractivity contribution in [2.75, 3.05) is 6.67 Å². The van der Waals surface area contributed by atoms with Crippen LogP contribution in [-0.2, 0) is 32.7 Å². The number of fused-ring (bicyclic) bond motifs is 25. The molecule has 5 aromatic heterocycles. The largest absolute Gasteiger partial charge is 0.390 e. The number of tetrazole rings is 2. The SMILES string of the molecule is C=C(Cn1nccn1)[C@H]1CC[C@H]2[C@@H]3CC=C4C[C@@](O)(C#CC5CC5)CC[C@@H]4[C@H]3CC[C@]12C.C=C(Cn1nccn1)[C@H]1CC[C@H]2[C@@H]3CC=C4C[C@@](O)(C#CCl)CC[C@@H]4[C@H]3CC[C@]12C.C=C(Cn1nccn1)[C@H]1CC[C@H]2[C@@H]3CC=C4C[C@@](O)(C(F)F)CC[C@@H]4[C@H]3CC[C@]12C.C=C(Cn1ncnn1)[C@H]1CC[C@H]2[C@@H]3CC=C4C[C@@](O)(CF)CC[C@@H]4[C@H]3CC[C@]12C.C=C(Cn1ncnn1)[C@H]1CC[C@H]2[C@@H]3CC=C4C[C@](C)(O)CC[C@@H]4[C@H]3CC[C@]12C. The molecule has 35 atom stereocenters. The zero-order valence-electron chi connectivity index (χ0n) is 89.9. The molecule has 26 heteroatoms. The molecular formula is C123H169ClF3N17O5. The molecule has 26 rings (SSSR count). The minimum absolute atomic E-state index is 0.163. The van der Waals surface area contributed by atoms with Crippen LogP contribution in [0, 0.1) is 204 Å². The molecule has 0 aromatic carbocycles. The molecule has 22 nitrogen and oxygen atoms in total. The van der Waals surface area contributed by atoms with E-state index in [1.807, 2.05) is 6.92 Å². The molecule has 5 heterocycles. The molecule has 0 bridgehead atoms. The molecule has 804 valence electrons. The first kappa shape index (κ1) is 105. The van der Waals surface area contributed by atoms with Crippen LogP contribution in [-0.4, -0.2) is 152 Å². The number of rotatable bonds is 17. The molecule has 149 heavy (non-hydrogen) atoms. The number of hydrogen-bond acceptors (Lipinski definition) is 17. The van der Waals surface area contributed by atoms with Gasteiger partial charge in [-0.3, -0.25) is 0 Å². The van der Waals surface area contributed by atoms with E-state index in [1.54, 1.807) is 66.7 Å². The van der Waals surface area contributed by atoms with Crippen molar-refractivity contribution in [3.05, 3.63) is 169 Å². The highest BCUT2D eigenvalue weighted by molar-refractivity contribution is 6.30. The van der Waals surface area contributed by atoms with Gasteiger partial charge in [0, 0.05) is 30.6 Å². The molecule has 0 unspecified atom stereocenters. The molecule has 21 aliphatic carbocycles. The lowest BCUT2D eigenvalue weighted by Gasteiger charge is -2.54. The van der Waals surface area contributed by atoms with Crippen LogP contribution in [0.15, 0.2) is 169 Å². The number of nitrogens with zero attached hydrogens (tertiary/aromatic N) is 17. The van der Waals surface area contributed by atoms with Crippen molar-refractivity contribution in [2.24, 2.45) is 181 Å². The monoisotopic (exact) mass is 2060 g/mol. The molecule has 5 aromatic rings. The van der Waals surface area contributed by atoms with E-state index in [-0.39, 0.29) is 18.3 Å². The first-order valence-electron chi connectivity index (χ1n) is 58.4. The van der Waals surface area contributed by atoms with E-state index in [0.29, 0.717) is 150 Å². The number of halogens is 4. The molecule has 16 saturated carbocycles. The lowest BCUT2D eigenvalue weighted by molar-refractivity contribution is -0.119. The van der Waals surface area contributed by atoms with Gasteiger partial charge in [-0.1, -0.05) is 171 Å². The van der Waals surface area contributed by atoms with Gasteiger partial charge >= 0.3 is 0 Å². The van der Waals surface area contributed by atoms with Gasteiger partial charge in [0.25, 0.3) is 6.43 Å². The fourth-order valence-electron chi connectivity index (χ4n) is 39.1. The Morgan fingerprint density at radius 3 is 0.946 bits per heavy atom. The second-order valence-corrected chi connectivity index (χ2v) is 53.9. The smallest absolute Gasteiger partial charge is 0.267 e. The predicted molar refractivity (Wildman–Crippen MR) is 571 cm³/mol. The van der Waals surface area contributed by atoms with Gasteiger partial charge in [0.05, 0.1) is 81.1 Å². The lowest BCUT2D eigenvalue weighted by atomic mass is 9.51. The molecular weight excluding hydrogens is 1890 g/mol. The summed E-state index contributed by atoms with van der Waals surface area (Å²) in [5.41, 5.74) is 9.90. The number of allylic oxidation sites excluding steroid dienone is 10.